The van der Waals surface area contributed by atoms with Crippen molar-refractivity contribution in [2.75, 3.05) is 17.2 Å². The molecule has 3 rings (SSSR count). The molecule has 2 heterocycles. The minimum Gasteiger partial charge on any atom is -0.398 e. The molecule has 0 amide bonds. The Labute approximate surface area is 123 Å². The number of benzene rings is 1. The lowest BCUT2D eigenvalue weighted by atomic mass is 10.1. The van der Waals surface area contributed by atoms with E-state index < -0.39 is 9.84 Å². The number of rotatable bonds is 2. The van der Waals surface area contributed by atoms with E-state index in [4.69, 9.17) is 5.73 Å². The van der Waals surface area contributed by atoms with Gasteiger partial charge in [0.1, 0.15) is 9.84 Å². The van der Waals surface area contributed by atoms with Crippen molar-refractivity contribution in [3.05, 3.63) is 23.8 Å². The SMILES string of the molecule is Cc1c(N)cccc1-c1nnnn1C1CCS(=O)(=O)CC1. The average molecular weight is 307 g/mol. The van der Waals surface area contributed by atoms with Crippen molar-refractivity contribution in [3.63, 3.8) is 0 Å². The Kier molecular flexibility index (Phi) is 3.40. The van der Waals surface area contributed by atoms with Crippen LogP contribution in [0.4, 0.5) is 5.69 Å². The van der Waals surface area contributed by atoms with Crippen molar-refractivity contribution in [1.29, 1.82) is 0 Å². The Morgan fingerprint density at radius 1 is 1.29 bits per heavy atom. The topological polar surface area (TPSA) is 104 Å². The van der Waals surface area contributed by atoms with Gasteiger partial charge in [-0.15, -0.1) is 5.10 Å². The first-order valence-electron chi connectivity index (χ1n) is 6.82. The van der Waals surface area contributed by atoms with Gasteiger partial charge in [0.2, 0.25) is 0 Å². The molecule has 0 atom stereocenters. The number of nitrogen functional groups attached to an aromatic ring is 1. The molecule has 0 bridgehead atoms. The van der Waals surface area contributed by atoms with Crippen LogP contribution in [0, 0.1) is 6.92 Å². The average Bonchev–Trinajstić information content (AvgIpc) is 2.91. The predicted octanol–water partition coefficient (Wildman–Crippen LogP) is 0.980. The first-order valence-corrected chi connectivity index (χ1v) is 8.64. The van der Waals surface area contributed by atoms with Gasteiger partial charge in [-0.25, -0.2) is 13.1 Å². The maximum absolute atomic E-state index is 11.5. The van der Waals surface area contributed by atoms with Gasteiger partial charge in [0.15, 0.2) is 5.82 Å². The van der Waals surface area contributed by atoms with E-state index in [-0.39, 0.29) is 17.5 Å². The number of hydrogen-bond donors (Lipinski definition) is 1. The molecule has 112 valence electrons. The molecule has 1 saturated heterocycles. The summed E-state index contributed by atoms with van der Waals surface area (Å²) in [5, 5.41) is 11.9. The maximum Gasteiger partial charge on any atom is 0.182 e. The van der Waals surface area contributed by atoms with Crippen LogP contribution in [-0.2, 0) is 9.84 Å². The van der Waals surface area contributed by atoms with E-state index in [1.807, 2.05) is 25.1 Å². The van der Waals surface area contributed by atoms with Gasteiger partial charge in [-0.05, 0) is 41.8 Å². The zero-order chi connectivity index (χ0) is 15.0. The van der Waals surface area contributed by atoms with Gasteiger partial charge >= 0.3 is 0 Å². The lowest BCUT2D eigenvalue weighted by Gasteiger charge is -2.23. The second kappa shape index (κ2) is 5.10. The number of aromatic nitrogens is 4. The Morgan fingerprint density at radius 2 is 2.00 bits per heavy atom. The third-order valence-electron chi connectivity index (χ3n) is 3.98. The summed E-state index contributed by atoms with van der Waals surface area (Å²) in [6.45, 7) is 1.93. The molecular weight excluding hydrogens is 290 g/mol. The van der Waals surface area contributed by atoms with Gasteiger partial charge in [-0.1, -0.05) is 12.1 Å². The van der Waals surface area contributed by atoms with Gasteiger partial charge in [0, 0.05) is 11.3 Å². The lowest BCUT2D eigenvalue weighted by Crippen LogP contribution is -2.26. The van der Waals surface area contributed by atoms with Gasteiger partial charge in [-0.3, -0.25) is 0 Å². The molecule has 7 nitrogen and oxygen atoms in total. The second-order valence-corrected chi connectivity index (χ2v) is 7.65. The van der Waals surface area contributed by atoms with Crippen molar-refractivity contribution in [2.45, 2.75) is 25.8 Å². The Balaban J connectivity index is 1.97. The molecule has 0 saturated carbocycles. The summed E-state index contributed by atoms with van der Waals surface area (Å²) in [4.78, 5) is 0. The minimum atomic E-state index is -2.90. The first kappa shape index (κ1) is 14.0. The third-order valence-corrected chi connectivity index (χ3v) is 5.69. The van der Waals surface area contributed by atoms with Gasteiger partial charge in [0.25, 0.3) is 0 Å². The minimum absolute atomic E-state index is 0.0133. The van der Waals surface area contributed by atoms with Crippen molar-refractivity contribution in [2.24, 2.45) is 0 Å². The molecule has 1 aromatic heterocycles. The predicted molar refractivity (Wildman–Crippen MR) is 79.3 cm³/mol. The van der Waals surface area contributed by atoms with Crippen molar-refractivity contribution >= 4 is 15.5 Å². The van der Waals surface area contributed by atoms with E-state index in [0.717, 1.165) is 11.1 Å². The first-order chi connectivity index (χ1) is 9.98. The molecule has 2 N–H and O–H groups in total. The number of anilines is 1. The van der Waals surface area contributed by atoms with Crippen LogP contribution in [0.15, 0.2) is 18.2 Å². The van der Waals surface area contributed by atoms with Crippen LogP contribution in [0.25, 0.3) is 11.4 Å². The molecule has 1 fully saturated rings. The van der Waals surface area contributed by atoms with E-state index in [9.17, 15) is 8.42 Å². The highest BCUT2D eigenvalue weighted by Gasteiger charge is 2.28. The maximum atomic E-state index is 11.5. The number of hydrogen-bond acceptors (Lipinski definition) is 6. The Bertz CT molecular complexity index is 755. The number of nitrogens with two attached hydrogens (primary N) is 1. The summed E-state index contributed by atoms with van der Waals surface area (Å²) in [7, 11) is -2.90. The van der Waals surface area contributed by atoms with E-state index in [2.05, 4.69) is 15.5 Å². The third kappa shape index (κ3) is 2.63. The van der Waals surface area contributed by atoms with Crippen LogP contribution < -0.4 is 5.73 Å². The molecule has 2 aromatic rings. The van der Waals surface area contributed by atoms with Crippen LogP contribution >= 0.6 is 0 Å². The van der Waals surface area contributed by atoms with Gasteiger partial charge in [0.05, 0.1) is 17.5 Å². The zero-order valence-electron chi connectivity index (χ0n) is 11.7. The summed E-state index contributed by atoms with van der Waals surface area (Å²) in [6.07, 6.45) is 1.09. The van der Waals surface area contributed by atoms with Crippen LogP contribution in [0.1, 0.15) is 24.4 Å². The monoisotopic (exact) mass is 307 g/mol. The highest BCUT2D eigenvalue weighted by molar-refractivity contribution is 7.91. The summed E-state index contributed by atoms with van der Waals surface area (Å²) >= 11 is 0. The van der Waals surface area contributed by atoms with Gasteiger partial charge < -0.3 is 5.73 Å². The molecule has 1 aliphatic heterocycles. The normalized spacial score (nSPS) is 18.7. The fourth-order valence-corrected chi connectivity index (χ4v) is 4.10. The largest absolute Gasteiger partial charge is 0.398 e. The van der Waals surface area contributed by atoms with E-state index in [1.165, 1.54) is 0 Å². The molecule has 21 heavy (non-hydrogen) atoms. The molecule has 8 heteroatoms. The molecule has 0 radical (unpaired) electrons. The fourth-order valence-electron chi connectivity index (χ4n) is 2.63. The Morgan fingerprint density at radius 3 is 2.71 bits per heavy atom. The standard InChI is InChI=1S/C13H17N5O2S/c1-9-11(3-2-4-12(9)14)13-15-16-17-18(13)10-5-7-21(19,20)8-6-10/h2-4,10H,5-8,14H2,1H3. The Hall–Kier alpha value is -1.96. The summed E-state index contributed by atoms with van der Waals surface area (Å²) in [5.74, 6) is 1.02. The van der Waals surface area contributed by atoms with E-state index in [0.29, 0.717) is 24.4 Å². The van der Waals surface area contributed by atoms with Crippen LogP contribution in [-0.4, -0.2) is 40.1 Å². The molecule has 1 aromatic carbocycles. The lowest BCUT2D eigenvalue weighted by molar-refractivity contribution is 0.408. The van der Waals surface area contributed by atoms with Crippen LogP contribution in [0.5, 0.6) is 0 Å². The molecule has 0 spiro atoms. The fraction of sp³-hybridized carbons (Fsp3) is 0.462. The number of nitrogens with zero attached hydrogens (tertiary/aromatic N) is 4. The molecule has 0 unspecified atom stereocenters. The van der Waals surface area contributed by atoms with Crippen LogP contribution in [0.2, 0.25) is 0 Å². The van der Waals surface area contributed by atoms with Gasteiger partial charge in [-0.2, -0.15) is 0 Å². The van der Waals surface area contributed by atoms with E-state index in [1.54, 1.807) is 4.68 Å². The van der Waals surface area contributed by atoms with E-state index >= 15 is 0 Å². The van der Waals surface area contributed by atoms with Crippen molar-refractivity contribution < 1.29 is 8.42 Å². The van der Waals surface area contributed by atoms with Crippen molar-refractivity contribution in [1.82, 2.24) is 20.2 Å². The van der Waals surface area contributed by atoms with Crippen molar-refractivity contribution in [3.8, 4) is 11.4 Å². The summed E-state index contributed by atoms with van der Waals surface area (Å²) < 4.78 is 24.8. The quantitative estimate of drug-likeness (QED) is 0.829. The second-order valence-electron chi connectivity index (χ2n) is 5.35. The van der Waals surface area contributed by atoms with Crippen LogP contribution in [0.3, 0.4) is 0 Å². The molecular formula is C13H17N5O2S. The molecule has 0 aliphatic carbocycles. The highest BCUT2D eigenvalue weighted by atomic mass is 32.2. The summed E-state index contributed by atoms with van der Waals surface area (Å²) in [5.41, 5.74) is 8.43. The summed E-state index contributed by atoms with van der Waals surface area (Å²) in [6, 6.07) is 5.63. The number of tetrazole rings is 1. The molecule has 1 aliphatic rings. The highest BCUT2D eigenvalue weighted by Crippen LogP contribution is 2.30. The number of sulfone groups is 1. The smallest absolute Gasteiger partial charge is 0.182 e. The zero-order valence-corrected chi connectivity index (χ0v) is 12.5.